The first-order valence-electron chi connectivity index (χ1n) is 6.22. The molecule has 4 heteroatoms. The van der Waals surface area contributed by atoms with Crippen molar-refractivity contribution in [2.45, 2.75) is 20.3 Å². The van der Waals surface area contributed by atoms with Gasteiger partial charge in [0.15, 0.2) is 0 Å². The van der Waals surface area contributed by atoms with Crippen molar-refractivity contribution in [3.8, 4) is 0 Å². The Kier molecular flexibility index (Phi) is 7.32. The van der Waals surface area contributed by atoms with Gasteiger partial charge in [0.25, 0.3) is 0 Å². The number of methoxy groups -OCH3 is 1. The van der Waals surface area contributed by atoms with Gasteiger partial charge >= 0.3 is 0 Å². The normalized spacial score (nSPS) is 10.7. The van der Waals surface area contributed by atoms with Gasteiger partial charge in [-0.3, -0.25) is 0 Å². The average molecular weight is 316 g/mol. The largest absolute Gasteiger partial charge is 0.385 e. The van der Waals surface area contributed by atoms with Gasteiger partial charge in [-0.2, -0.15) is 0 Å². The molecular weight excluding hydrogens is 294 g/mol. The Labute approximate surface area is 118 Å². The topological polar surface area (TPSA) is 30.5 Å². The minimum absolute atomic E-state index is 0.720. The summed E-state index contributed by atoms with van der Waals surface area (Å²) in [5, 5.41) is 3.37. The lowest BCUT2D eigenvalue weighted by Gasteiger charge is -2.11. The fraction of sp³-hybridized carbons (Fsp3) is 0.571. The van der Waals surface area contributed by atoms with Crippen molar-refractivity contribution in [2.75, 3.05) is 38.8 Å². The molecule has 0 bridgehead atoms. The lowest BCUT2D eigenvalue weighted by atomic mass is 10.1. The maximum absolute atomic E-state index is 5.49. The molecule has 1 aromatic carbocycles. The number of anilines is 1. The molecule has 0 atom stereocenters. The summed E-state index contributed by atoms with van der Waals surface area (Å²) >= 11 is 3.57. The van der Waals surface area contributed by atoms with Crippen LogP contribution in [0.3, 0.4) is 0 Å². The number of hydrogen-bond acceptors (Lipinski definition) is 3. The summed E-state index contributed by atoms with van der Waals surface area (Å²) in [6.07, 6.45) is 0.951. The van der Waals surface area contributed by atoms with Crippen LogP contribution in [0, 0.1) is 13.8 Å². The van der Waals surface area contributed by atoms with E-state index in [0.717, 1.165) is 38.5 Å². The van der Waals surface area contributed by atoms with Crippen LogP contribution in [0.1, 0.15) is 17.5 Å². The molecule has 1 N–H and O–H groups in total. The molecule has 3 nitrogen and oxygen atoms in total. The average Bonchev–Trinajstić information content (AvgIpc) is 2.34. The second kappa shape index (κ2) is 8.51. The van der Waals surface area contributed by atoms with Crippen molar-refractivity contribution in [3.05, 3.63) is 27.7 Å². The molecule has 1 aromatic rings. The molecule has 0 spiro atoms. The Morgan fingerprint density at radius 3 is 2.39 bits per heavy atom. The SMILES string of the molecule is COCCCOCCNc1cc(C)c(Br)c(C)c1. The third-order valence-electron chi connectivity index (χ3n) is 2.65. The van der Waals surface area contributed by atoms with Gasteiger partial charge in [-0.05, 0) is 43.5 Å². The Bertz CT molecular complexity index is 346. The van der Waals surface area contributed by atoms with Crippen LogP contribution < -0.4 is 5.32 Å². The molecule has 0 radical (unpaired) electrons. The molecule has 0 heterocycles. The Morgan fingerprint density at radius 1 is 1.11 bits per heavy atom. The minimum atomic E-state index is 0.720. The minimum Gasteiger partial charge on any atom is -0.385 e. The predicted octanol–water partition coefficient (Wildman–Crippen LogP) is 3.53. The van der Waals surface area contributed by atoms with Gasteiger partial charge in [-0.25, -0.2) is 0 Å². The van der Waals surface area contributed by atoms with Crippen molar-refractivity contribution in [1.82, 2.24) is 0 Å². The summed E-state index contributed by atoms with van der Waals surface area (Å²) in [5.74, 6) is 0. The first-order chi connectivity index (χ1) is 8.65. The highest BCUT2D eigenvalue weighted by atomic mass is 79.9. The smallest absolute Gasteiger partial charge is 0.0639 e. The van der Waals surface area contributed by atoms with E-state index in [4.69, 9.17) is 9.47 Å². The van der Waals surface area contributed by atoms with Crippen molar-refractivity contribution in [1.29, 1.82) is 0 Å². The molecule has 0 aliphatic carbocycles. The van der Waals surface area contributed by atoms with Gasteiger partial charge in [-0.15, -0.1) is 0 Å². The lowest BCUT2D eigenvalue weighted by Crippen LogP contribution is -2.11. The summed E-state index contributed by atoms with van der Waals surface area (Å²) in [6, 6.07) is 4.28. The molecule has 0 unspecified atom stereocenters. The van der Waals surface area contributed by atoms with Crippen LogP contribution in [-0.2, 0) is 9.47 Å². The zero-order chi connectivity index (χ0) is 13.4. The molecule has 0 aliphatic rings. The Morgan fingerprint density at radius 2 is 1.78 bits per heavy atom. The number of ether oxygens (including phenoxy) is 2. The molecule has 0 aromatic heterocycles. The highest BCUT2D eigenvalue weighted by molar-refractivity contribution is 9.10. The maximum Gasteiger partial charge on any atom is 0.0639 e. The van der Waals surface area contributed by atoms with E-state index in [0.29, 0.717) is 0 Å². The van der Waals surface area contributed by atoms with Gasteiger partial charge < -0.3 is 14.8 Å². The summed E-state index contributed by atoms with van der Waals surface area (Å²) in [5.41, 5.74) is 3.64. The van der Waals surface area contributed by atoms with Crippen molar-refractivity contribution < 1.29 is 9.47 Å². The molecule has 0 aliphatic heterocycles. The van der Waals surface area contributed by atoms with Gasteiger partial charge in [-0.1, -0.05) is 15.9 Å². The van der Waals surface area contributed by atoms with Crippen LogP contribution in [0.5, 0.6) is 0 Å². The van der Waals surface area contributed by atoms with E-state index in [1.165, 1.54) is 15.6 Å². The Hall–Kier alpha value is -0.580. The maximum atomic E-state index is 5.49. The number of rotatable bonds is 8. The number of hydrogen-bond donors (Lipinski definition) is 1. The zero-order valence-electron chi connectivity index (χ0n) is 11.4. The molecule has 0 fully saturated rings. The molecule has 0 amide bonds. The third-order valence-corrected chi connectivity index (χ3v) is 3.90. The van der Waals surface area contributed by atoms with Crippen molar-refractivity contribution in [3.63, 3.8) is 0 Å². The van der Waals surface area contributed by atoms with E-state index in [1.807, 2.05) is 0 Å². The van der Waals surface area contributed by atoms with E-state index in [1.54, 1.807) is 7.11 Å². The predicted molar refractivity (Wildman–Crippen MR) is 79.4 cm³/mol. The first kappa shape index (κ1) is 15.5. The van der Waals surface area contributed by atoms with Crippen molar-refractivity contribution in [2.24, 2.45) is 0 Å². The molecule has 1 rings (SSSR count). The summed E-state index contributed by atoms with van der Waals surface area (Å²) in [7, 11) is 1.71. The summed E-state index contributed by atoms with van der Waals surface area (Å²) in [6.45, 7) is 7.27. The quantitative estimate of drug-likeness (QED) is 0.744. The van der Waals surface area contributed by atoms with Crippen LogP contribution >= 0.6 is 15.9 Å². The second-order valence-electron chi connectivity index (χ2n) is 4.31. The monoisotopic (exact) mass is 315 g/mol. The number of aryl methyl sites for hydroxylation is 2. The van der Waals surface area contributed by atoms with Gasteiger partial charge in [0.05, 0.1) is 6.61 Å². The van der Waals surface area contributed by atoms with E-state index in [2.05, 4.69) is 47.2 Å². The zero-order valence-corrected chi connectivity index (χ0v) is 13.0. The van der Waals surface area contributed by atoms with E-state index in [-0.39, 0.29) is 0 Å². The molecule has 102 valence electrons. The summed E-state index contributed by atoms with van der Waals surface area (Å²) in [4.78, 5) is 0. The van der Waals surface area contributed by atoms with Crippen molar-refractivity contribution >= 4 is 21.6 Å². The number of benzene rings is 1. The van der Waals surface area contributed by atoms with Crippen LogP contribution in [-0.4, -0.2) is 33.5 Å². The lowest BCUT2D eigenvalue weighted by molar-refractivity contribution is 0.109. The van der Waals surface area contributed by atoms with E-state index in [9.17, 15) is 0 Å². The van der Waals surface area contributed by atoms with Crippen LogP contribution in [0.15, 0.2) is 16.6 Å². The fourth-order valence-corrected chi connectivity index (χ4v) is 1.95. The highest BCUT2D eigenvalue weighted by Gasteiger charge is 2.01. The van der Waals surface area contributed by atoms with Gasteiger partial charge in [0.2, 0.25) is 0 Å². The molecule has 18 heavy (non-hydrogen) atoms. The molecular formula is C14H22BrNO2. The molecule has 0 saturated heterocycles. The Balaban J connectivity index is 2.23. The van der Waals surface area contributed by atoms with Crippen LogP contribution in [0.25, 0.3) is 0 Å². The van der Waals surface area contributed by atoms with Crippen LogP contribution in [0.4, 0.5) is 5.69 Å². The highest BCUT2D eigenvalue weighted by Crippen LogP contribution is 2.24. The molecule has 0 saturated carbocycles. The van der Waals surface area contributed by atoms with Gasteiger partial charge in [0, 0.05) is 37.0 Å². The fourth-order valence-electron chi connectivity index (χ4n) is 1.72. The third kappa shape index (κ3) is 5.38. The number of nitrogens with one attached hydrogen (secondary N) is 1. The standard InChI is InChI=1S/C14H22BrNO2/c1-11-9-13(10-12(2)14(11)15)16-5-8-18-7-4-6-17-3/h9-10,16H,4-8H2,1-3H3. The first-order valence-corrected chi connectivity index (χ1v) is 7.01. The van der Waals surface area contributed by atoms with E-state index < -0.39 is 0 Å². The van der Waals surface area contributed by atoms with Crippen LogP contribution in [0.2, 0.25) is 0 Å². The van der Waals surface area contributed by atoms with E-state index >= 15 is 0 Å². The van der Waals surface area contributed by atoms with Gasteiger partial charge in [0.1, 0.15) is 0 Å². The second-order valence-corrected chi connectivity index (χ2v) is 5.10. The summed E-state index contributed by atoms with van der Waals surface area (Å²) < 4.78 is 11.6. The number of halogens is 1.